The number of amides is 1. The van der Waals surface area contributed by atoms with Crippen LogP contribution in [0, 0.1) is 0 Å². The zero-order chi connectivity index (χ0) is 21.1. The van der Waals surface area contributed by atoms with Gasteiger partial charge in [-0.25, -0.2) is 0 Å². The van der Waals surface area contributed by atoms with E-state index >= 15 is 0 Å². The zero-order valence-corrected chi connectivity index (χ0v) is 18.1. The Kier molecular flexibility index (Phi) is 6.55. The molecular weight excluding hydrogens is 384 g/mol. The van der Waals surface area contributed by atoms with Crippen molar-refractivity contribution >= 4 is 28.8 Å². The highest BCUT2D eigenvalue weighted by molar-refractivity contribution is 7.10. The molecule has 2 aromatic rings. The van der Waals surface area contributed by atoms with Crippen molar-refractivity contribution < 1.29 is 14.7 Å². The standard InChI is InChI=1S/C23H28N2O3S/c1-15(2)24(16(3)4)12-13-25-20(18-11-8-14-29-18)19(22(27)23(25)28)21(26)17-9-6-5-7-10-17/h5-11,14-16,20,26H,12-13H2,1-4H3. The zero-order valence-electron chi connectivity index (χ0n) is 17.3. The Hall–Kier alpha value is -2.44. The molecule has 1 fully saturated rings. The Morgan fingerprint density at radius 1 is 1.07 bits per heavy atom. The maximum atomic E-state index is 12.9. The summed E-state index contributed by atoms with van der Waals surface area (Å²) in [6, 6.07) is 12.8. The van der Waals surface area contributed by atoms with Crippen LogP contribution in [0.15, 0.2) is 53.4 Å². The quantitative estimate of drug-likeness (QED) is 0.419. The number of hydrogen-bond donors (Lipinski definition) is 1. The SMILES string of the molecule is CC(C)N(CCN1C(=O)C(=O)C(=C(O)c2ccccc2)C1c1cccs1)C(C)C. The molecule has 0 bridgehead atoms. The van der Waals surface area contributed by atoms with Gasteiger partial charge in [0, 0.05) is 35.6 Å². The number of hydrogen-bond acceptors (Lipinski definition) is 5. The van der Waals surface area contributed by atoms with Crippen LogP contribution in [0.3, 0.4) is 0 Å². The Balaban J connectivity index is 2.01. The maximum absolute atomic E-state index is 12.9. The van der Waals surface area contributed by atoms with Crippen molar-refractivity contribution in [1.29, 1.82) is 0 Å². The minimum atomic E-state index is -0.620. The van der Waals surface area contributed by atoms with E-state index in [4.69, 9.17) is 0 Å². The summed E-state index contributed by atoms with van der Waals surface area (Å²) in [5, 5.41) is 12.8. The van der Waals surface area contributed by atoms with E-state index in [0.717, 1.165) is 4.88 Å². The van der Waals surface area contributed by atoms with Crippen LogP contribution >= 0.6 is 11.3 Å². The summed E-state index contributed by atoms with van der Waals surface area (Å²) in [6.07, 6.45) is 0. The molecule has 1 aromatic heterocycles. The lowest BCUT2D eigenvalue weighted by Gasteiger charge is -2.33. The van der Waals surface area contributed by atoms with Crippen molar-refractivity contribution in [3.63, 3.8) is 0 Å². The average molecular weight is 413 g/mol. The van der Waals surface area contributed by atoms with Crippen molar-refractivity contribution in [2.45, 2.75) is 45.8 Å². The van der Waals surface area contributed by atoms with Crippen LogP contribution in [0.1, 0.15) is 44.2 Å². The number of nitrogens with zero attached hydrogens (tertiary/aromatic N) is 2. The first-order valence-electron chi connectivity index (χ1n) is 9.96. The Morgan fingerprint density at radius 3 is 2.28 bits per heavy atom. The lowest BCUT2D eigenvalue weighted by Crippen LogP contribution is -2.43. The van der Waals surface area contributed by atoms with Gasteiger partial charge in [0.1, 0.15) is 5.76 Å². The fraction of sp³-hybridized carbons (Fsp3) is 0.391. The number of carbonyl (C=O) groups is 2. The highest BCUT2D eigenvalue weighted by Crippen LogP contribution is 2.40. The number of aliphatic hydroxyl groups excluding tert-OH is 1. The molecule has 29 heavy (non-hydrogen) atoms. The van der Waals surface area contributed by atoms with Gasteiger partial charge in [-0.05, 0) is 39.1 Å². The van der Waals surface area contributed by atoms with E-state index in [1.807, 2.05) is 23.6 Å². The highest BCUT2D eigenvalue weighted by Gasteiger charge is 2.46. The summed E-state index contributed by atoms with van der Waals surface area (Å²) in [6.45, 7) is 9.59. The molecule has 0 saturated carbocycles. The lowest BCUT2D eigenvalue weighted by molar-refractivity contribution is -0.140. The molecule has 6 heteroatoms. The van der Waals surface area contributed by atoms with Crippen LogP contribution in [0.4, 0.5) is 0 Å². The first-order valence-corrected chi connectivity index (χ1v) is 10.8. The summed E-state index contributed by atoms with van der Waals surface area (Å²) >= 11 is 1.49. The number of benzene rings is 1. The van der Waals surface area contributed by atoms with Crippen molar-refractivity contribution in [3.05, 3.63) is 63.9 Å². The van der Waals surface area contributed by atoms with Gasteiger partial charge in [0.15, 0.2) is 0 Å². The predicted octanol–water partition coefficient (Wildman–Crippen LogP) is 4.29. The molecule has 1 aliphatic heterocycles. The van der Waals surface area contributed by atoms with Gasteiger partial charge in [-0.15, -0.1) is 11.3 Å². The second kappa shape index (κ2) is 8.93. The molecule has 2 heterocycles. The van der Waals surface area contributed by atoms with Crippen molar-refractivity contribution in [1.82, 2.24) is 9.80 Å². The van der Waals surface area contributed by atoms with Gasteiger partial charge in [0.05, 0.1) is 11.6 Å². The van der Waals surface area contributed by atoms with Gasteiger partial charge < -0.3 is 10.0 Å². The molecule has 1 aromatic carbocycles. The molecule has 1 aliphatic rings. The van der Waals surface area contributed by atoms with Gasteiger partial charge >= 0.3 is 0 Å². The molecule has 1 saturated heterocycles. The fourth-order valence-electron chi connectivity index (χ4n) is 3.94. The van der Waals surface area contributed by atoms with Gasteiger partial charge in [0.2, 0.25) is 0 Å². The molecule has 1 atom stereocenters. The molecule has 5 nitrogen and oxygen atoms in total. The summed E-state index contributed by atoms with van der Waals surface area (Å²) in [5.74, 6) is -1.28. The van der Waals surface area contributed by atoms with Gasteiger partial charge in [-0.2, -0.15) is 0 Å². The monoisotopic (exact) mass is 412 g/mol. The first kappa shape index (κ1) is 21.3. The average Bonchev–Trinajstić information content (AvgIpc) is 3.30. The topological polar surface area (TPSA) is 60.9 Å². The van der Waals surface area contributed by atoms with Crippen molar-refractivity contribution in [2.24, 2.45) is 0 Å². The van der Waals surface area contributed by atoms with E-state index in [0.29, 0.717) is 30.7 Å². The molecule has 0 aliphatic carbocycles. The highest BCUT2D eigenvalue weighted by atomic mass is 32.1. The number of Topliss-reactive ketones (excluding diaryl/α,β-unsaturated/α-hetero) is 1. The second-order valence-corrected chi connectivity index (χ2v) is 8.78. The molecule has 0 spiro atoms. The minimum Gasteiger partial charge on any atom is -0.507 e. The van der Waals surface area contributed by atoms with E-state index in [-0.39, 0.29) is 11.3 Å². The van der Waals surface area contributed by atoms with Crippen LogP contribution in [0.25, 0.3) is 5.76 Å². The lowest BCUT2D eigenvalue weighted by atomic mass is 10.00. The second-order valence-electron chi connectivity index (χ2n) is 7.80. The third-order valence-electron chi connectivity index (χ3n) is 5.33. The van der Waals surface area contributed by atoms with Crippen LogP contribution in [-0.2, 0) is 9.59 Å². The molecule has 1 unspecified atom stereocenters. The number of carbonyl (C=O) groups excluding carboxylic acids is 2. The predicted molar refractivity (Wildman–Crippen MR) is 117 cm³/mol. The normalized spacial score (nSPS) is 19.1. The Bertz CT molecular complexity index is 880. The Labute approximate surface area is 176 Å². The van der Waals surface area contributed by atoms with E-state index in [1.54, 1.807) is 29.2 Å². The molecule has 1 N–H and O–H groups in total. The molecule has 3 rings (SSSR count). The summed E-state index contributed by atoms with van der Waals surface area (Å²) < 4.78 is 0. The minimum absolute atomic E-state index is 0.116. The van der Waals surface area contributed by atoms with E-state index in [2.05, 4.69) is 32.6 Å². The Morgan fingerprint density at radius 2 is 1.72 bits per heavy atom. The third-order valence-corrected chi connectivity index (χ3v) is 6.25. The van der Waals surface area contributed by atoms with Crippen molar-refractivity contribution in [3.8, 4) is 0 Å². The maximum Gasteiger partial charge on any atom is 0.295 e. The molecular formula is C23H28N2O3S. The van der Waals surface area contributed by atoms with E-state index in [1.165, 1.54) is 11.3 Å². The summed E-state index contributed by atoms with van der Waals surface area (Å²) in [4.78, 5) is 30.6. The van der Waals surface area contributed by atoms with Crippen LogP contribution < -0.4 is 0 Å². The number of aliphatic hydroxyl groups is 1. The number of likely N-dealkylation sites (tertiary alicyclic amines) is 1. The number of thiophene rings is 1. The van der Waals surface area contributed by atoms with E-state index in [9.17, 15) is 14.7 Å². The van der Waals surface area contributed by atoms with Gasteiger partial charge in [-0.1, -0.05) is 36.4 Å². The van der Waals surface area contributed by atoms with Crippen LogP contribution in [0.5, 0.6) is 0 Å². The molecule has 1 amide bonds. The third kappa shape index (κ3) is 4.28. The fourth-order valence-corrected chi connectivity index (χ4v) is 4.79. The van der Waals surface area contributed by atoms with Crippen molar-refractivity contribution in [2.75, 3.05) is 13.1 Å². The largest absolute Gasteiger partial charge is 0.507 e. The summed E-state index contributed by atoms with van der Waals surface area (Å²) in [7, 11) is 0. The molecule has 0 radical (unpaired) electrons. The smallest absolute Gasteiger partial charge is 0.295 e. The van der Waals surface area contributed by atoms with Crippen LogP contribution in [0.2, 0.25) is 0 Å². The number of ketones is 1. The number of rotatable bonds is 7. The van der Waals surface area contributed by atoms with Gasteiger partial charge in [-0.3, -0.25) is 14.5 Å². The first-order chi connectivity index (χ1) is 13.8. The molecule has 154 valence electrons. The van der Waals surface area contributed by atoms with Gasteiger partial charge in [0.25, 0.3) is 11.7 Å². The van der Waals surface area contributed by atoms with E-state index < -0.39 is 17.7 Å². The summed E-state index contributed by atoms with van der Waals surface area (Å²) in [5.41, 5.74) is 0.710. The van der Waals surface area contributed by atoms with Crippen LogP contribution in [-0.4, -0.2) is 51.8 Å².